The summed E-state index contributed by atoms with van der Waals surface area (Å²) in [5, 5.41) is 5.00. The van der Waals surface area contributed by atoms with Gasteiger partial charge in [0.15, 0.2) is 0 Å². The van der Waals surface area contributed by atoms with Crippen LogP contribution in [0.4, 0.5) is 11.4 Å². The van der Waals surface area contributed by atoms with Gasteiger partial charge in [0.25, 0.3) is 11.8 Å². The largest absolute Gasteiger partial charge is 0.494 e. The molecule has 1 unspecified atom stereocenters. The molecule has 1 aliphatic rings. The number of carbonyl (C=O) groups is 4. The van der Waals surface area contributed by atoms with Crippen molar-refractivity contribution in [1.29, 1.82) is 0 Å². The Kier molecular flexibility index (Phi) is 10.5. The molecule has 1 aliphatic heterocycles. The lowest BCUT2D eigenvalue weighted by Crippen LogP contribution is -2.31. The second-order valence-electron chi connectivity index (χ2n) is 10.1. The van der Waals surface area contributed by atoms with E-state index >= 15 is 0 Å². The first-order chi connectivity index (χ1) is 22.4. The van der Waals surface area contributed by atoms with E-state index in [0.717, 1.165) is 4.90 Å². The van der Waals surface area contributed by atoms with Gasteiger partial charge in [-0.25, -0.2) is 4.90 Å². The topological polar surface area (TPSA) is 114 Å². The van der Waals surface area contributed by atoms with Gasteiger partial charge in [0, 0.05) is 28.1 Å². The molecule has 46 heavy (non-hydrogen) atoms. The second kappa shape index (κ2) is 15.1. The van der Waals surface area contributed by atoms with E-state index in [-0.39, 0.29) is 23.9 Å². The van der Waals surface area contributed by atoms with Crippen molar-refractivity contribution >= 4 is 52.8 Å². The number of imide groups is 1. The first kappa shape index (κ1) is 32.1. The molecule has 5 rings (SSSR count). The SMILES string of the molecule is CCOc1ccc(N2C(=O)CC(Sc3ccc(NC(=O)/C(=C/c4ccccc4OCC)NC(=O)c4ccccc4)cc3)C2=O)cc1. The Hall–Kier alpha value is -5.35. The van der Waals surface area contributed by atoms with Crippen LogP contribution in [-0.4, -0.2) is 42.1 Å². The molecular formula is C36H33N3O6S. The van der Waals surface area contributed by atoms with Gasteiger partial charge >= 0.3 is 0 Å². The third kappa shape index (κ3) is 7.83. The number of hydrogen-bond donors (Lipinski definition) is 2. The molecule has 9 nitrogen and oxygen atoms in total. The normalized spacial score (nSPS) is 14.6. The molecule has 1 fully saturated rings. The molecule has 2 N–H and O–H groups in total. The molecule has 0 spiro atoms. The van der Waals surface area contributed by atoms with Crippen molar-refractivity contribution in [1.82, 2.24) is 5.32 Å². The molecule has 1 atom stereocenters. The summed E-state index contributed by atoms with van der Waals surface area (Å²) in [6.45, 7) is 4.71. The van der Waals surface area contributed by atoms with Gasteiger partial charge in [-0.1, -0.05) is 36.4 Å². The Morgan fingerprint density at radius 3 is 2.22 bits per heavy atom. The van der Waals surface area contributed by atoms with Gasteiger partial charge in [-0.05, 0) is 86.7 Å². The first-order valence-corrected chi connectivity index (χ1v) is 15.7. The molecule has 0 bridgehead atoms. The van der Waals surface area contributed by atoms with E-state index < -0.39 is 17.1 Å². The molecule has 4 aromatic carbocycles. The van der Waals surface area contributed by atoms with Crippen molar-refractivity contribution in [2.45, 2.75) is 30.4 Å². The van der Waals surface area contributed by atoms with Gasteiger partial charge < -0.3 is 20.1 Å². The van der Waals surface area contributed by atoms with Gasteiger partial charge in [0.05, 0.1) is 24.2 Å². The molecule has 0 radical (unpaired) electrons. The first-order valence-electron chi connectivity index (χ1n) is 14.8. The van der Waals surface area contributed by atoms with E-state index in [4.69, 9.17) is 9.47 Å². The third-order valence-corrected chi connectivity index (χ3v) is 8.15. The number of para-hydroxylation sites is 1. The van der Waals surface area contributed by atoms with E-state index in [0.29, 0.717) is 47.2 Å². The van der Waals surface area contributed by atoms with E-state index in [1.807, 2.05) is 26.0 Å². The quantitative estimate of drug-likeness (QED) is 0.138. The number of hydrogen-bond acceptors (Lipinski definition) is 7. The molecule has 0 aromatic heterocycles. The predicted molar refractivity (Wildman–Crippen MR) is 179 cm³/mol. The molecule has 10 heteroatoms. The van der Waals surface area contributed by atoms with E-state index in [1.54, 1.807) is 97.1 Å². The van der Waals surface area contributed by atoms with Crippen LogP contribution in [0.1, 0.15) is 36.2 Å². The summed E-state index contributed by atoms with van der Waals surface area (Å²) in [6, 6.07) is 29.7. The van der Waals surface area contributed by atoms with E-state index in [9.17, 15) is 19.2 Å². The highest BCUT2D eigenvalue weighted by Crippen LogP contribution is 2.35. The minimum atomic E-state index is -0.576. The third-order valence-electron chi connectivity index (χ3n) is 6.95. The maximum absolute atomic E-state index is 13.5. The minimum absolute atomic E-state index is 0.0314. The zero-order valence-corrected chi connectivity index (χ0v) is 26.2. The number of anilines is 2. The fourth-order valence-electron chi connectivity index (χ4n) is 4.79. The Morgan fingerprint density at radius 2 is 1.52 bits per heavy atom. The molecule has 4 aromatic rings. The van der Waals surface area contributed by atoms with E-state index in [2.05, 4.69) is 10.6 Å². The molecule has 0 saturated carbocycles. The Morgan fingerprint density at radius 1 is 0.848 bits per heavy atom. The molecular weight excluding hydrogens is 602 g/mol. The van der Waals surface area contributed by atoms with Crippen molar-refractivity contribution in [3.05, 3.63) is 120 Å². The molecule has 1 saturated heterocycles. The average Bonchev–Trinajstić information content (AvgIpc) is 3.35. The molecule has 1 heterocycles. The lowest BCUT2D eigenvalue weighted by atomic mass is 10.1. The summed E-state index contributed by atoms with van der Waals surface area (Å²) < 4.78 is 11.2. The number of nitrogens with one attached hydrogen (secondary N) is 2. The molecule has 4 amide bonds. The summed E-state index contributed by atoms with van der Waals surface area (Å²) in [5.41, 5.74) is 2.05. The summed E-state index contributed by atoms with van der Waals surface area (Å²) in [7, 11) is 0. The van der Waals surface area contributed by atoms with Crippen LogP contribution in [0.3, 0.4) is 0 Å². The highest BCUT2D eigenvalue weighted by Gasteiger charge is 2.40. The zero-order chi connectivity index (χ0) is 32.5. The van der Waals surface area contributed by atoms with Gasteiger partial charge in [-0.2, -0.15) is 0 Å². The number of ether oxygens (including phenoxy) is 2. The predicted octanol–water partition coefficient (Wildman–Crippen LogP) is 6.32. The number of benzene rings is 4. The zero-order valence-electron chi connectivity index (χ0n) is 25.4. The lowest BCUT2D eigenvalue weighted by molar-refractivity contribution is -0.121. The van der Waals surface area contributed by atoms with Crippen LogP contribution in [0, 0.1) is 0 Å². The van der Waals surface area contributed by atoms with Crippen LogP contribution in [-0.2, 0) is 14.4 Å². The number of rotatable bonds is 12. The van der Waals surface area contributed by atoms with Crippen LogP contribution < -0.4 is 25.0 Å². The van der Waals surface area contributed by atoms with Crippen molar-refractivity contribution in [2.75, 3.05) is 23.4 Å². The van der Waals surface area contributed by atoms with Crippen LogP contribution >= 0.6 is 11.8 Å². The highest BCUT2D eigenvalue weighted by molar-refractivity contribution is 8.00. The number of amides is 4. The molecule has 0 aliphatic carbocycles. The maximum Gasteiger partial charge on any atom is 0.272 e. The Labute approximate surface area is 271 Å². The Bertz CT molecular complexity index is 1740. The monoisotopic (exact) mass is 635 g/mol. The maximum atomic E-state index is 13.5. The van der Waals surface area contributed by atoms with Gasteiger partial charge in [0.2, 0.25) is 11.8 Å². The second-order valence-corrected chi connectivity index (χ2v) is 11.4. The van der Waals surface area contributed by atoms with Crippen LogP contribution in [0.25, 0.3) is 6.08 Å². The van der Waals surface area contributed by atoms with E-state index in [1.165, 1.54) is 16.7 Å². The van der Waals surface area contributed by atoms with Crippen molar-refractivity contribution in [3.63, 3.8) is 0 Å². The Balaban J connectivity index is 1.28. The smallest absolute Gasteiger partial charge is 0.272 e. The standard InChI is InChI=1S/C36H33N3O6S/c1-3-44-28-18-16-27(17-19-28)39-33(40)23-32(36(39)43)46-29-20-14-26(15-21-29)37-35(42)30(38-34(41)24-10-6-5-7-11-24)22-25-12-8-9-13-31(25)45-4-2/h5-22,32H,3-4,23H2,1-2H3,(H,37,42)(H,38,41)/b30-22-. The number of nitrogens with zero attached hydrogens (tertiary/aromatic N) is 1. The van der Waals surface area contributed by atoms with Crippen LogP contribution in [0.5, 0.6) is 11.5 Å². The number of carbonyl (C=O) groups excluding carboxylic acids is 4. The fraction of sp³-hybridized carbons (Fsp3) is 0.167. The number of thioether (sulfide) groups is 1. The average molecular weight is 636 g/mol. The van der Waals surface area contributed by atoms with Crippen molar-refractivity contribution in [3.8, 4) is 11.5 Å². The summed E-state index contributed by atoms with van der Waals surface area (Å²) in [5.74, 6) is -0.269. The van der Waals surface area contributed by atoms with Crippen molar-refractivity contribution < 1.29 is 28.7 Å². The van der Waals surface area contributed by atoms with Crippen molar-refractivity contribution in [2.24, 2.45) is 0 Å². The molecule has 234 valence electrons. The highest BCUT2D eigenvalue weighted by atomic mass is 32.2. The van der Waals surface area contributed by atoms with Crippen LogP contribution in [0.2, 0.25) is 0 Å². The summed E-state index contributed by atoms with van der Waals surface area (Å²) in [4.78, 5) is 54.4. The van der Waals surface area contributed by atoms with Gasteiger partial charge in [-0.15, -0.1) is 11.8 Å². The van der Waals surface area contributed by atoms with Crippen LogP contribution in [0.15, 0.2) is 114 Å². The van der Waals surface area contributed by atoms with Gasteiger partial charge in [0.1, 0.15) is 17.2 Å². The summed E-state index contributed by atoms with van der Waals surface area (Å²) in [6.07, 6.45) is 1.65. The lowest BCUT2D eigenvalue weighted by Gasteiger charge is -2.15. The minimum Gasteiger partial charge on any atom is -0.494 e. The summed E-state index contributed by atoms with van der Waals surface area (Å²) >= 11 is 1.29. The van der Waals surface area contributed by atoms with Gasteiger partial charge in [-0.3, -0.25) is 19.2 Å². The fourth-order valence-corrected chi connectivity index (χ4v) is 5.84.